The summed E-state index contributed by atoms with van der Waals surface area (Å²) in [6.07, 6.45) is 3.42. The average molecular weight is 475 g/mol. The van der Waals surface area contributed by atoms with E-state index in [0.717, 1.165) is 0 Å². The second kappa shape index (κ2) is 15.1. The van der Waals surface area contributed by atoms with Crippen LogP contribution in [-0.4, -0.2) is 65.0 Å². The summed E-state index contributed by atoms with van der Waals surface area (Å²) in [5.41, 5.74) is 5.92. The molecule has 0 aromatic heterocycles. The van der Waals surface area contributed by atoms with Crippen molar-refractivity contribution in [2.75, 3.05) is 12.0 Å². The van der Waals surface area contributed by atoms with Gasteiger partial charge in [-0.1, -0.05) is 54.4 Å². The van der Waals surface area contributed by atoms with Crippen LogP contribution in [0.5, 0.6) is 0 Å². The highest BCUT2D eigenvalue weighted by molar-refractivity contribution is 7.98. The number of amides is 3. The molecule has 0 fully saturated rings. The molecular weight excluding hydrogens is 432 g/mol. The molecule has 186 valence electrons. The predicted molar refractivity (Wildman–Crippen MR) is 128 cm³/mol. The van der Waals surface area contributed by atoms with E-state index in [4.69, 9.17) is 5.73 Å². The van der Waals surface area contributed by atoms with E-state index < -0.39 is 47.9 Å². The third-order valence-electron chi connectivity index (χ3n) is 5.83. The Morgan fingerprint density at radius 1 is 0.844 bits per heavy atom. The molecule has 9 nitrogen and oxygen atoms in total. The number of hydrogen-bond donors (Lipinski definition) is 5. The Balaban J connectivity index is 5.56. The molecule has 6 N–H and O–H groups in total. The van der Waals surface area contributed by atoms with Crippen LogP contribution in [-0.2, 0) is 19.2 Å². The quantitative estimate of drug-likeness (QED) is 0.240. The minimum absolute atomic E-state index is 0.0933. The fraction of sp³-hybridized carbons (Fsp3) is 0.818. The van der Waals surface area contributed by atoms with Crippen molar-refractivity contribution < 1.29 is 24.3 Å². The van der Waals surface area contributed by atoms with E-state index in [1.54, 1.807) is 6.92 Å². The molecule has 0 rings (SSSR count). The summed E-state index contributed by atoms with van der Waals surface area (Å²) >= 11 is 1.51. The lowest BCUT2D eigenvalue weighted by Crippen LogP contribution is -2.59. The first-order chi connectivity index (χ1) is 14.9. The zero-order valence-electron chi connectivity index (χ0n) is 20.4. The molecule has 32 heavy (non-hydrogen) atoms. The van der Waals surface area contributed by atoms with Gasteiger partial charge in [0.15, 0.2) is 0 Å². The maximum atomic E-state index is 13.1. The van der Waals surface area contributed by atoms with Gasteiger partial charge < -0.3 is 26.8 Å². The molecule has 6 atom stereocenters. The topological polar surface area (TPSA) is 151 Å². The minimum atomic E-state index is -1.12. The lowest BCUT2D eigenvalue weighted by molar-refractivity contribution is -0.144. The van der Waals surface area contributed by atoms with Crippen molar-refractivity contribution >= 4 is 35.5 Å². The predicted octanol–water partition coefficient (Wildman–Crippen LogP) is 1.35. The molecule has 0 aliphatic rings. The average Bonchev–Trinajstić information content (AvgIpc) is 2.75. The molecule has 10 heteroatoms. The molecule has 0 saturated carbocycles. The highest BCUT2D eigenvalue weighted by Gasteiger charge is 2.33. The smallest absolute Gasteiger partial charge is 0.326 e. The van der Waals surface area contributed by atoms with Crippen molar-refractivity contribution in [3.05, 3.63) is 0 Å². The molecule has 0 radical (unpaired) electrons. The van der Waals surface area contributed by atoms with E-state index in [1.807, 2.05) is 40.9 Å². The van der Waals surface area contributed by atoms with Crippen molar-refractivity contribution in [1.29, 1.82) is 0 Å². The van der Waals surface area contributed by atoms with Crippen molar-refractivity contribution in [2.45, 2.75) is 85.0 Å². The molecule has 6 unspecified atom stereocenters. The van der Waals surface area contributed by atoms with E-state index in [2.05, 4.69) is 16.0 Å². The summed E-state index contributed by atoms with van der Waals surface area (Å²) < 4.78 is 0. The minimum Gasteiger partial charge on any atom is -0.480 e. The highest BCUT2D eigenvalue weighted by atomic mass is 32.2. The molecule has 0 aromatic carbocycles. The van der Waals surface area contributed by atoms with Crippen molar-refractivity contribution in [2.24, 2.45) is 23.5 Å². The van der Waals surface area contributed by atoms with Crippen LogP contribution in [0.15, 0.2) is 0 Å². The highest BCUT2D eigenvalue weighted by Crippen LogP contribution is 2.12. The first kappa shape index (κ1) is 30.2. The number of carbonyl (C=O) groups is 4. The zero-order valence-corrected chi connectivity index (χ0v) is 21.3. The van der Waals surface area contributed by atoms with Gasteiger partial charge >= 0.3 is 5.97 Å². The molecule has 0 aliphatic carbocycles. The Morgan fingerprint density at radius 2 is 1.34 bits per heavy atom. The maximum absolute atomic E-state index is 13.1. The molecule has 0 spiro atoms. The van der Waals surface area contributed by atoms with Crippen LogP contribution < -0.4 is 21.7 Å². The standard InChI is InChI=1S/C22H42N4O5S/c1-8-13(5)17(25-20(28)16(23)12(3)4)21(29)24-15(10-11-32-7)19(27)26-18(22(30)31)14(6)9-2/h12-18H,8-11,23H2,1-7H3,(H,24,29)(H,25,28)(H,26,27)(H,30,31). The van der Waals surface area contributed by atoms with E-state index in [1.165, 1.54) is 11.8 Å². The Labute approximate surface area is 196 Å². The number of nitrogens with two attached hydrogens (primary N) is 1. The van der Waals surface area contributed by atoms with Gasteiger partial charge in [-0.15, -0.1) is 0 Å². The lowest BCUT2D eigenvalue weighted by Gasteiger charge is -2.29. The van der Waals surface area contributed by atoms with Crippen LogP contribution in [0.2, 0.25) is 0 Å². The normalized spacial score (nSPS) is 16.9. The molecular formula is C22H42N4O5S. The summed E-state index contributed by atoms with van der Waals surface area (Å²) in [5.74, 6) is -2.52. The van der Waals surface area contributed by atoms with Crippen molar-refractivity contribution in [3.8, 4) is 0 Å². The van der Waals surface area contributed by atoms with Crippen LogP contribution in [0, 0.1) is 17.8 Å². The summed E-state index contributed by atoms with van der Waals surface area (Å²) in [4.78, 5) is 50.1. The van der Waals surface area contributed by atoms with Crippen molar-refractivity contribution in [1.82, 2.24) is 16.0 Å². The Kier molecular flexibility index (Phi) is 14.2. The van der Waals surface area contributed by atoms with Crippen LogP contribution >= 0.6 is 11.8 Å². The fourth-order valence-electron chi connectivity index (χ4n) is 2.96. The Bertz CT molecular complexity index is 631. The molecule has 0 bridgehead atoms. The first-order valence-electron chi connectivity index (χ1n) is 11.3. The Morgan fingerprint density at radius 3 is 1.78 bits per heavy atom. The number of carboxylic acids is 1. The van der Waals surface area contributed by atoms with Crippen molar-refractivity contribution in [3.63, 3.8) is 0 Å². The van der Waals surface area contributed by atoms with Gasteiger partial charge in [-0.25, -0.2) is 4.79 Å². The largest absolute Gasteiger partial charge is 0.480 e. The van der Waals surface area contributed by atoms with Gasteiger partial charge in [0.1, 0.15) is 18.1 Å². The van der Waals surface area contributed by atoms with Crippen LogP contribution in [0.25, 0.3) is 0 Å². The summed E-state index contributed by atoms with van der Waals surface area (Å²) in [5, 5.41) is 17.5. The van der Waals surface area contributed by atoms with Crippen LogP contribution in [0.1, 0.15) is 60.8 Å². The van der Waals surface area contributed by atoms with E-state index in [0.29, 0.717) is 25.0 Å². The van der Waals surface area contributed by atoms with Gasteiger partial charge in [0.2, 0.25) is 17.7 Å². The van der Waals surface area contributed by atoms with E-state index in [-0.39, 0.29) is 17.8 Å². The van der Waals surface area contributed by atoms with E-state index in [9.17, 15) is 24.3 Å². The molecule has 0 aromatic rings. The third-order valence-corrected chi connectivity index (χ3v) is 6.48. The van der Waals surface area contributed by atoms with Gasteiger partial charge in [0.25, 0.3) is 0 Å². The van der Waals surface area contributed by atoms with Gasteiger partial charge in [0, 0.05) is 0 Å². The Hall–Kier alpha value is -1.81. The SMILES string of the molecule is CCC(C)C(NC(=O)C(CCSC)NC(=O)C(NC(=O)C(N)C(C)C)C(C)CC)C(=O)O. The number of carbonyl (C=O) groups excluding carboxylic acids is 3. The summed E-state index contributed by atoms with van der Waals surface area (Å²) in [6, 6.07) is -3.57. The number of hydrogen-bond acceptors (Lipinski definition) is 6. The van der Waals surface area contributed by atoms with Gasteiger partial charge in [-0.05, 0) is 36.2 Å². The second-order valence-corrected chi connectivity index (χ2v) is 9.68. The summed E-state index contributed by atoms with van der Waals surface area (Å²) in [7, 11) is 0. The molecule has 0 aliphatic heterocycles. The number of carboxylic acid groups (broad SMARTS) is 1. The molecule has 0 saturated heterocycles. The van der Waals surface area contributed by atoms with Crippen LogP contribution in [0.3, 0.4) is 0 Å². The lowest BCUT2D eigenvalue weighted by atomic mass is 9.96. The van der Waals surface area contributed by atoms with Crippen LogP contribution in [0.4, 0.5) is 0 Å². The first-order valence-corrected chi connectivity index (χ1v) is 12.7. The molecule has 0 heterocycles. The van der Waals surface area contributed by atoms with E-state index >= 15 is 0 Å². The number of rotatable bonds is 15. The number of aliphatic carboxylic acids is 1. The number of nitrogens with one attached hydrogen (secondary N) is 3. The maximum Gasteiger partial charge on any atom is 0.326 e. The monoisotopic (exact) mass is 474 g/mol. The molecule has 3 amide bonds. The third kappa shape index (κ3) is 9.77. The van der Waals surface area contributed by atoms with Gasteiger partial charge in [-0.2, -0.15) is 11.8 Å². The summed E-state index contributed by atoms with van der Waals surface area (Å²) in [6.45, 7) is 11.0. The number of thioether (sulfide) groups is 1. The second-order valence-electron chi connectivity index (χ2n) is 8.69. The zero-order chi connectivity index (χ0) is 25.0. The van der Waals surface area contributed by atoms with Gasteiger partial charge in [0.05, 0.1) is 6.04 Å². The van der Waals surface area contributed by atoms with Gasteiger partial charge in [-0.3, -0.25) is 14.4 Å². The fourth-order valence-corrected chi connectivity index (χ4v) is 3.43.